The lowest BCUT2D eigenvalue weighted by atomic mass is 9.85. The molecule has 4 atom stereocenters. The van der Waals surface area contributed by atoms with Crippen molar-refractivity contribution in [3.8, 4) is 0 Å². The van der Waals surface area contributed by atoms with Gasteiger partial charge in [0.25, 0.3) is 0 Å². The highest BCUT2D eigenvalue weighted by Gasteiger charge is 2.52. The fourth-order valence-corrected chi connectivity index (χ4v) is 3.67. The second-order valence-electron chi connectivity index (χ2n) is 5.31. The monoisotopic (exact) mass is 186 g/mol. The second kappa shape index (κ2) is 2.21. The van der Waals surface area contributed by atoms with E-state index in [1.165, 1.54) is 24.8 Å². The van der Waals surface area contributed by atoms with Gasteiger partial charge >= 0.3 is 0 Å². The van der Waals surface area contributed by atoms with Gasteiger partial charge in [0.2, 0.25) is 0 Å². The zero-order chi connectivity index (χ0) is 9.28. The second-order valence-corrected chi connectivity index (χ2v) is 5.31. The number of rotatable bonds is 1. The van der Waals surface area contributed by atoms with Crippen molar-refractivity contribution in [3.05, 3.63) is 23.8 Å². The molecule has 0 N–H and O–H groups in total. The fraction of sp³-hybridized carbons (Fsp3) is 0.615. The number of Topliss-reactive ketones (excluding diaryl/α,β-unsaturated/α-hetero) is 1. The Morgan fingerprint density at radius 1 is 1.14 bits per heavy atom. The maximum absolute atomic E-state index is 12.2. The molecule has 0 unspecified atom stereocenters. The molecule has 72 valence electrons. The summed E-state index contributed by atoms with van der Waals surface area (Å²) in [5.41, 5.74) is 1.21. The zero-order valence-corrected chi connectivity index (χ0v) is 8.15. The van der Waals surface area contributed by atoms with Gasteiger partial charge in [-0.25, -0.2) is 0 Å². The van der Waals surface area contributed by atoms with Crippen LogP contribution in [-0.2, 0) is 4.79 Å². The normalized spacial score (nSPS) is 48.6. The molecule has 0 spiro atoms. The molecule has 0 aromatic rings. The minimum absolute atomic E-state index is 0.362. The predicted octanol–water partition coefficient (Wildman–Crippen LogP) is 2.34. The molecule has 0 heterocycles. The Balaban J connectivity index is 1.76. The maximum Gasteiger partial charge on any atom is 0.163 e. The molecule has 0 saturated heterocycles. The Bertz CT molecular complexity index is 373. The van der Waals surface area contributed by atoms with Crippen LogP contribution in [-0.4, -0.2) is 5.78 Å². The van der Waals surface area contributed by atoms with Crippen molar-refractivity contribution in [3.63, 3.8) is 0 Å². The van der Waals surface area contributed by atoms with Gasteiger partial charge in [-0.1, -0.05) is 18.2 Å². The van der Waals surface area contributed by atoms with Crippen LogP contribution < -0.4 is 0 Å². The lowest BCUT2D eigenvalue weighted by molar-refractivity contribution is -0.119. The standard InChI is InChI=1S/C13H14O/c14-13-11(7-1-2-7)6-10-8-3-4-9(5-8)12(10)13/h3-4,6-10,12H,1-2,5H2/t8-,9+,10+,12-/m1/s1. The van der Waals surface area contributed by atoms with E-state index >= 15 is 0 Å². The average Bonchev–Trinajstić information content (AvgIpc) is 2.70. The number of hydrogen-bond donors (Lipinski definition) is 0. The molecule has 4 rings (SSSR count). The zero-order valence-electron chi connectivity index (χ0n) is 8.15. The Morgan fingerprint density at radius 2 is 1.93 bits per heavy atom. The van der Waals surface area contributed by atoms with Gasteiger partial charge in [0.15, 0.2) is 5.78 Å². The van der Waals surface area contributed by atoms with E-state index < -0.39 is 0 Å². The van der Waals surface area contributed by atoms with E-state index in [-0.39, 0.29) is 0 Å². The van der Waals surface area contributed by atoms with E-state index in [4.69, 9.17) is 0 Å². The highest BCUT2D eigenvalue weighted by Crippen LogP contribution is 2.55. The van der Waals surface area contributed by atoms with Gasteiger partial charge in [-0.15, -0.1) is 0 Å². The van der Waals surface area contributed by atoms with Gasteiger partial charge in [0.05, 0.1) is 0 Å². The number of allylic oxidation sites excluding steroid dienone is 4. The van der Waals surface area contributed by atoms with Gasteiger partial charge < -0.3 is 0 Å². The Labute approximate surface area is 83.9 Å². The van der Waals surface area contributed by atoms with Crippen LogP contribution in [0.15, 0.2) is 23.8 Å². The molecule has 14 heavy (non-hydrogen) atoms. The minimum Gasteiger partial charge on any atom is -0.294 e. The molecule has 0 aliphatic heterocycles. The van der Waals surface area contributed by atoms with Crippen molar-refractivity contribution in [1.29, 1.82) is 0 Å². The smallest absolute Gasteiger partial charge is 0.163 e. The van der Waals surface area contributed by atoms with Crippen LogP contribution in [0.5, 0.6) is 0 Å². The summed E-state index contributed by atoms with van der Waals surface area (Å²) in [6.07, 6.45) is 10.7. The van der Waals surface area contributed by atoms with E-state index in [0.717, 1.165) is 0 Å². The average molecular weight is 186 g/mol. The topological polar surface area (TPSA) is 17.1 Å². The number of carbonyl (C=O) groups excluding carboxylic acids is 1. The predicted molar refractivity (Wildman–Crippen MR) is 53.5 cm³/mol. The summed E-state index contributed by atoms with van der Waals surface area (Å²) in [6, 6.07) is 0. The third-order valence-electron chi connectivity index (χ3n) is 4.50. The van der Waals surface area contributed by atoms with Gasteiger partial charge in [-0.2, -0.15) is 0 Å². The van der Waals surface area contributed by atoms with Crippen LogP contribution in [0.4, 0.5) is 0 Å². The summed E-state index contributed by atoms with van der Waals surface area (Å²) in [4.78, 5) is 12.2. The van der Waals surface area contributed by atoms with Gasteiger partial charge in [0.1, 0.15) is 0 Å². The van der Waals surface area contributed by atoms with E-state index in [0.29, 0.717) is 35.4 Å². The lowest BCUT2D eigenvalue weighted by Gasteiger charge is -2.17. The first-order valence-corrected chi connectivity index (χ1v) is 5.79. The van der Waals surface area contributed by atoms with Gasteiger partial charge in [-0.05, 0) is 48.5 Å². The van der Waals surface area contributed by atoms with Crippen LogP contribution >= 0.6 is 0 Å². The first kappa shape index (κ1) is 7.44. The number of carbonyl (C=O) groups is 1. The van der Waals surface area contributed by atoms with E-state index in [1.807, 2.05) is 0 Å². The SMILES string of the molecule is O=C1C(C2CC2)=C[C@@H]2[C@H]1[C@H]1C=C[C@@H]2C1. The number of fused-ring (bicyclic) bond motifs is 5. The first-order valence-electron chi connectivity index (χ1n) is 5.79. The molecule has 0 radical (unpaired) electrons. The first-order chi connectivity index (χ1) is 6.84. The van der Waals surface area contributed by atoms with Gasteiger partial charge in [0, 0.05) is 5.92 Å². The maximum atomic E-state index is 12.2. The van der Waals surface area contributed by atoms with Crippen LogP contribution in [0.1, 0.15) is 19.3 Å². The fourth-order valence-electron chi connectivity index (χ4n) is 3.67. The van der Waals surface area contributed by atoms with E-state index in [2.05, 4.69) is 18.2 Å². The summed E-state index contributed by atoms with van der Waals surface area (Å²) in [6.45, 7) is 0. The summed E-state index contributed by atoms with van der Waals surface area (Å²) >= 11 is 0. The summed E-state index contributed by atoms with van der Waals surface area (Å²) in [5, 5.41) is 0. The highest BCUT2D eigenvalue weighted by molar-refractivity contribution is 6.01. The van der Waals surface area contributed by atoms with Crippen molar-refractivity contribution in [2.24, 2.45) is 29.6 Å². The van der Waals surface area contributed by atoms with Crippen molar-refractivity contribution >= 4 is 5.78 Å². The van der Waals surface area contributed by atoms with Crippen molar-refractivity contribution < 1.29 is 4.79 Å². The summed E-state index contributed by atoms with van der Waals surface area (Å²) in [7, 11) is 0. The van der Waals surface area contributed by atoms with Crippen LogP contribution in [0, 0.1) is 29.6 Å². The lowest BCUT2D eigenvalue weighted by Crippen LogP contribution is -2.21. The van der Waals surface area contributed by atoms with Crippen molar-refractivity contribution in [1.82, 2.24) is 0 Å². The van der Waals surface area contributed by atoms with Gasteiger partial charge in [-0.3, -0.25) is 4.79 Å². The summed E-state index contributed by atoms with van der Waals surface area (Å²) < 4.78 is 0. The Kier molecular flexibility index (Phi) is 1.17. The minimum atomic E-state index is 0.362. The van der Waals surface area contributed by atoms with Crippen LogP contribution in [0.2, 0.25) is 0 Å². The Hall–Kier alpha value is -0.850. The van der Waals surface area contributed by atoms with Crippen molar-refractivity contribution in [2.45, 2.75) is 19.3 Å². The molecule has 2 saturated carbocycles. The number of hydrogen-bond acceptors (Lipinski definition) is 1. The molecule has 4 aliphatic carbocycles. The molecular formula is C13H14O. The largest absolute Gasteiger partial charge is 0.294 e. The van der Waals surface area contributed by atoms with Crippen LogP contribution in [0.25, 0.3) is 0 Å². The van der Waals surface area contributed by atoms with Crippen LogP contribution in [0.3, 0.4) is 0 Å². The molecule has 2 bridgehead atoms. The molecule has 4 aliphatic rings. The van der Waals surface area contributed by atoms with E-state index in [1.54, 1.807) is 0 Å². The summed E-state index contributed by atoms with van der Waals surface area (Å²) in [5.74, 6) is 3.41. The number of ketones is 1. The van der Waals surface area contributed by atoms with Crippen molar-refractivity contribution in [2.75, 3.05) is 0 Å². The molecule has 2 fully saturated rings. The molecular weight excluding hydrogens is 172 g/mol. The molecule has 0 aromatic carbocycles. The molecule has 1 heteroatoms. The third-order valence-corrected chi connectivity index (χ3v) is 4.50. The molecule has 1 nitrogen and oxygen atoms in total. The Morgan fingerprint density at radius 3 is 2.64 bits per heavy atom. The van der Waals surface area contributed by atoms with E-state index in [9.17, 15) is 4.79 Å². The highest BCUT2D eigenvalue weighted by atomic mass is 16.1. The molecule has 0 amide bonds. The third kappa shape index (κ3) is 0.749. The molecule has 0 aromatic heterocycles. The quantitative estimate of drug-likeness (QED) is 0.574.